The first kappa shape index (κ1) is 24.9. The monoisotopic (exact) mass is 483 g/mol. The molecule has 33 heavy (non-hydrogen) atoms. The van der Waals surface area contributed by atoms with E-state index >= 15 is 0 Å². The van der Waals surface area contributed by atoms with Crippen LogP contribution in [0.5, 0.6) is 0 Å². The van der Waals surface area contributed by atoms with Gasteiger partial charge in [0.15, 0.2) is 4.91 Å². The number of sulfonamides is 1. The van der Waals surface area contributed by atoms with Gasteiger partial charge < -0.3 is 9.64 Å². The number of nitriles is 1. The molecule has 0 unspecified atom stereocenters. The summed E-state index contributed by atoms with van der Waals surface area (Å²) in [6, 6.07) is 18.5. The van der Waals surface area contributed by atoms with E-state index in [2.05, 4.69) is 59.9 Å². The van der Waals surface area contributed by atoms with Gasteiger partial charge in [0.25, 0.3) is 10.0 Å². The number of fused-ring (bicyclic) bond motifs is 1. The fraction of sp³-hybridized carbons (Fsp3) is 0.320. The maximum Gasteiger partial charge on any atom is 0.251 e. The molecule has 0 saturated carbocycles. The average molecular weight is 484 g/mol. The van der Waals surface area contributed by atoms with E-state index in [1.165, 1.54) is 29.5 Å². The molecule has 0 bridgehead atoms. The number of anilines is 1. The van der Waals surface area contributed by atoms with Crippen molar-refractivity contribution < 1.29 is 13.2 Å². The number of nitrogens with one attached hydrogen (secondary N) is 1. The zero-order valence-corrected chi connectivity index (χ0v) is 21.0. The lowest BCUT2D eigenvalue weighted by molar-refractivity contribution is 0.204. The van der Waals surface area contributed by atoms with Gasteiger partial charge in [-0.05, 0) is 73.0 Å². The van der Waals surface area contributed by atoms with E-state index in [0.29, 0.717) is 5.57 Å². The van der Waals surface area contributed by atoms with Crippen LogP contribution in [0.4, 0.5) is 5.69 Å². The van der Waals surface area contributed by atoms with Crippen LogP contribution in [0.2, 0.25) is 0 Å². The summed E-state index contributed by atoms with van der Waals surface area (Å²) in [6.45, 7) is 8.25. The minimum Gasteiger partial charge on any atom is -0.383 e. The van der Waals surface area contributed by atoms with Crippen molar-refractivity contribution >= 4 is 43.4 Å². The molecular weight excluding hydrogens is 454 g/mol. The second kappa shape index (κ2) is 10.9. The summed E-state index contributed by atoms with van der Waals surface area (Å²) in [5.41, 5.74) is 2.70. The Morgan fingerprint density at radius 3 is 2.45 bits per heavy atom. The Morgan fingerprint density at radius 1 is 1.09 bits per heavy atom. The van der Waals surface area contributed by atoms with Crippen LogP contribution < -0.4 is 9.62 Å². The normalized spacial score (nSPS) is 12.5. The van der Waals surface area contributed by atoms with Gasteiger partial charge in [-0.3, -0.25) is 0 Å². The van der Waals surface area contributed by atoms with E-state index in [-0.39, 0.29) is 18.1 Å². The molecule has 0 radical (unpaired) electrons. The number of rotatable bonds is 10. The second-order valence-corrected chi connectivity index (χ2v) is 10.3. The molecule has 1 N–H and O–H groups in total. The lowest BCUT2D eigenvalue weighted by atomic mass is 10.0. The third-order valence-corrected chi connectivity index (χ3v) is 8.29. The molecule has 0 saturated heterocycles. The topological polar surface area (TPSA) is 82.4 Å². The Kier molecular flexibility index (Phi) is 8.27. The molecule has 6 nitrogen and oxygen atoms in total. The molecule has 0 aliphatic heterocycles. The van der Waals surface area contributed by atoms with Crippen molar-refractivity contribution in [3.8, 4) is 16.5 Å². The molecule has 0 atom stereocenters. The third kappa shape index (κ3) is 5.63. The van der Waals surface area contributed by atoms with Crippen molar-refractivity contribution in [1.29, 1.82) is 5.26 Å². The van der Waals surface area contributed by atoms with Gasteiger partial charge in [-0.15, -0.1) is 11.3 Å². The first-order valence-corrected chi connectivity index (χ1v) is 13.1. The van der Waals surface area contributed by atoms with E-state index in [0.717, 1.165) is 33.8 Å². The third-order valence-electron chi connectivity index (χ3n) is 5.52. The van der Waals surface area contributed by atoms with Gasteiger partial charge in [0.2, 0.25) is 0 Å². The molecule has 0 spiro atoms. The zero-order valence-electron chi connectivity index (χ0n) is 19.4. The Labute approximate surface area is 200 Å². The highest BCUT2D eigenvalue weighted by Gasteiger charge is 2.21. The second-order valence-electron chi connectivity index (χ2n) is 7.54. The van der Waals surface area contributed by atoms with E-state index in [1.807, 2.05) is 18.2 Å². The van der Waals surface area contributed by atoms with E-state index in [1.54, 1.807) is 6.92 Å². The zero-order chi connectivity index (χ0) is 24.0. The molecule has 0 aliphatic rings. The number of thiophene rings is 1. The number of hydrogen-bond acceptors (Lipinski definition) is 6. The Morgan fingerprint density at radius 2 is 1.79 bits per heavy atom. The fourth-order valence-electron chi connectivity index (χ4n) is 3.67. The molecule has 0 fully saturated rings. The lowest BCUT2D eigenvalue weighted by Crippen LogP contribution is -2.28. The standard InChI is InChI=1S/C25H29N3O3S2/c1-5-28(6-2)22-10-9-19-15-21(8-7-20(19)16-22)24-12-11-23(32-24)18(3)25(17-26)33(29,30)27-13-14-31-4/h7-12,15-16,27H,5-6,13-14H2,1-4H3/b25-18+. The molecule has 2 aromatic carbocycles. The predicted octanol–water partition coefficient (Wildman–Crippen LogP) is 5.23. The maximum atomic E-state index is 12.5. The summed E-state index contributed by atoms with van der Waals surface area (Å²) < 4.78 is 32.4. The smallest absolute Gasteiger partial charge is 0.251 e. The lowest BCUT2D eigenvalue weighted by Gasteiger charge is -2.21. The average Bonchev–Trinajstić information content (AvgIpc) is 3.30. The van der Waals surface area contributed by atoms with Crippen molar-refractivity contribution in [3.63, 3.8) is 0 Å². The number of nitrogens with zero attached hydrogens (tertiary/aromatic N) is 2. The van der Waals surface area contributed by atoms with E-state index in [4.69, 9.17) is 4.74 Å². The van der Waals surface area contributed by atoms with Gasteiger partial charge in [-0.25, -0.2) is 13.1 Å². The molecule has 0 aliphatic carbocycles. The Bertz CT molecular complexity index is 1300. The summed E-state index contributed by atoms with van der Waals surface area (Å²) in [4.78, 5) is 3.81. The SMILES string of the molecule is CCN(CC)c1ccc2cc(-c3ccc(/C(C)=C(\C#N)S(=O)(=O)NCCOC)s3)ccc2c1. The van der Waals surface area contributed by atoms with Crippen molar-refractivity contribution in [2.75, 3.05) is 38.3 Å². The van der Waals surface area contributed by atoms with Gasteiger partial charge >= 0.3 is 0 Å². The van der Waals surface area contributed by atoms with Crippen LogP contribution >= 0.6 is 11.3 Å². The van der Waals surface area contributed by atoms with Crippen molar-refractivity contribution in [1.82, 2.24) is 4.72 Å². The van der Waals surface area contributed by atoms with Gasteiger partial charge in [0.1, 0.15) is 6.07 Å². The van der Waals surface area contributed by atoms with Crippen LogP contribution in [0.15, 0.2) is 53.4 Å². The fourth-order valence-corrected chi connectivity index (χ4v) is 5.88. The van der Waals surface area contributed by atoms with Crippen molar-refractivity contribution in [3.05, 3.63) is 58.3 Å². The summed E-state index contributed by atoms with van der Waals surface area (Å²) in [7, 11) is -2.41. The molecule has 3 aromatic rings. The predicted molar refractivity (Wildman–Crippen MR) is 138 cm³/mol. The molecule has 174 valence electrons. The molecule has 1 heterocycles. The summed E-state index contributed by atoms with van der Waals surface area (Å²) in [5.74, 6) is 0. The minimum atomic E-state index is -3.90. The van der Waals surface area contributed by atoms with Crippen LogP contribution in [-0.2, 0) is 14.8 Å². The number of methoxy groups -OCH3 is 1. The van der Waals surface area contributed by atoms with Crippen LogP contribution in [0.25, 0.3) is 26.8 Å². The highest BCUT2D eigenvalue weighted by molar-refractivity contribution is 7.93. The van der Waals surface area contributed by atoms with Gasteiger partial charge in [0.05, 0.1) is 6.61 Å². The largest absolute Gasteiger partial charge is 0.383 e. The Balaban J connectivity index is 1.92. The number of benzene rings is 2. The molecular formula is C25H29N3O3S2. The quantitative estimate of drug-likeness (QED) is 0.315. The highest BCUT2D eigenvalue weighted by Crippen LogP contribution is 2.35. The van der Waals surface area contributed by atoms with E-state index in [9.17, 15) is 13.7 Å². The minimum absolute atomic E-state index is 0.111. The maximum absolute atomic E-state index is 12.5. The molecule has 8 heteroatoms. The summed E-state index contributed by atoms with van der Waals surface area (Å²) in [5, 5.41) is 11.9. The van der Waals surface area contributed by atoms with Gasteiger partial charge in [-0.1, -0.05) is 18.2 Å². The van der Waals surface area contributed by atoms with Crippen LogP contribution in [0.1, 0.15) is 25.6 Å². The summed E-state index contributed by atoms with van der Waals surface area (Å²) >= 11 is 1.47. The Hall–Kier alpha value is -2.70. The van der Waals surface area contributed by atoms with Crippen LogP contribution in [0, 0.1) is 11.3 Å². The van der Waals surface area contributed by atoms with Crippen LogP contribution in [-0.4, -0.2) is 41.8 Å². The summed E-state index contributed by atoms with van der Waals surface area (Å²) in [6.07, 6.45) is 0. The number of allylic oxidation sites excluding steroid dienone is 2. The van der Waals surface area contributed by atoms with Crippen molar-refractivity contribution in [2.24, 2.45) is 0 Å². The van der Waals surface area contributed by atoms with Crippen molar-refractivity contribution in [2.45, 2.75) is 20.8 Å². The number of hydrogen-bond donors (Lipinski definition) is 1. The van der Waals surface area contributed by atoms with Gasteiger partial charge in [0, 0.05) is 42.2 Å². The first-order valence-electron chi connectivity index (χ1n) is 10.8. The first-order chi connectivity index (χ1) is 15.8. The molecule has 3 rings (SSSR count). The van der Waals surface area contributed by atoms with E-state index < -0.39 is 10.0 Å². The molecule has 1 aromatic heterocycles. The highest BCUT2D eigenvalue weighted by atomic mass is 32.2. The number of ether oxygens (including phenoxy) is 1. The van der Waals surface area contributed by atoms with Gasteiger partial charge in [-0.2, -0.15) is 5.26 Å². The van der Waals surface area contributed by atoms with Crippen LogP contribution in [0.3, 0.4) is 0 Å². The molecule has 0 amide bonds.